The minimum Gasteiger partial charge on any atom is -0.483 e. The fraction of sp³-hybridized carbons (Fsp3) is 0.182. The summed E-state index contributed by atoms with van der Waals surface area (Å²) < 4.78 is 5.64. The van der Waals surface area contributed by atoms with E-state index in [0.29, 0.717) is 11.7 Å². The highest BCUT2D eigenvalue weighted by molar-refractivity contribution is 5.89. The van der Waals surface area contributed by atoms with Gasteiger partial charge in [-0.05, 0) is 28.5 Å². The Bertz CT molecular complexity index is 910. The number of hydrogen-bond acceptors (Lipinski definition) is 3. The summed E-state index contributed by atoms with van der Waals surface area (Å²) in [6, 6.07) is 21.8. The Labute approximate surface area is 153 Å². The number of hydrazone groups is 1. The molecule has 0 fully saturated rings. The Morgan fingerprint density at radius 2 is 1.77 bits per heavy atom. The minimum absolute atomic E-state index is 0.0857. The van der Waals surface area contributed by atoms with Crippen molar-refractivity contribution in [2.45, 2.75) is 19.8 Å². The van der Waals surface area contributed by atoms with Crippen LogP contribution >= 0.6 is 0 Å². The predicted octanol–water partition coefficient (Wildman–Crippen LogP) is 4.49. The maximum atomic E-state index is 11.9. The summed E-state index contributed by atoms with van der Waals surface area (Å²) in [5.74, 6) is 0.881. The van der Waals surface area contributed by atoms with E-state index in [1.807, 2.05) is 54.6 Å². The smallest absolute Gasteiger partial charge is 0.277 e. The lowest BCUT2D eigenvalue weighted by molar-refractivity contribution is -0.123. The standard InChI is InChI=1S/C22H22N2O2/c1-16(2)18-12-10-17(11-13-18)14-23-24-22(25)15-26-21-9-5-7-19-6-3-4-8-20(19)21/h3-14,16H,15H2,1-2H3,(H,24,25)/b23-14-. The first-order valence-electron chi connectivity index (χ1n) is 8.66. The van der Waals surface area contributed by atoms with Crippen LogP contribution in [0.5, 0.6) is 5.75 Å². The summed E-state index contributed by atoms with van der Waals surface area (Å²) in [4.78, 5) is 11.9. The van der Waals surface area contributed by atoms with E-state index in [9.17, 15) is 4.79 Å². The molecule has 0 saturated carbocycles. The maximum Gasteiger partial charge on any atom is 0.277 e. The highest BCUT2D eigenvalue weighted by Gasteiger charge is 2.05. The third-order valence-electron chi connectivity index (χ3n) is 4.11. The quantitative estimate of drug-likeness (QED) is 0.528. The number of fused-ring (bicyclic) bond motifs is 1. The molecular formula is C22H22N2O2. The van der Waals surface area contributed by atoms with Gasteiger partial charge in [-0.1, -0.05) is 74.5 Å². The predicted molar refractivity (Wildman–Crippen MR) is 106 cm³/mol. The molecule has 4 nitrogen and oxygen atoms in total. The van der Waals surface area contributed by atoms with Crippen LogP contribution in [0.1, 0.15) is 30.9 Å². The summed E-state index contributed by atoms with van der Waals surface area (Å²) >= 11 is 0. The zero-order chi connectivity index (χ0) is 18.4. The molecule has 3 rings (SSSR count). The number of rotatable bonds is 6. The molecule has 0 aliphatic carbocycles. The summed E-state index contributed by atoms with van der Waals surface area (Å²) in [6.45, 7) is 4.22. The van der Waals surface area contributed by atoms with Crippen LogP contribution in [-0.2, 0) is 4.79 Å². The maximum absolute atomic E-state index is 11.9. The van der Waals surface area contributed by atoms with Gasteiger partial charge in [0.2, 0.25) is 0 Å². The number of ether oxygens (including phenoxy) is 1. The second kappa shape index (κ2) is 8.30. The van der Waals surface area contributed by atoms with Gasteiger partial charge in [-0.2, -0.15) is 5.10 Å². The van der Waals surface area contributed by atoms with Crippen LogP contribution in [0, 0.1) is 0 Å². The number of amides is 1. The van der Waals surface area contributed by atoms with Gasteiger partial charge in [0.15, 0.2) is 6.61 Å². The summed E-state index contributed by atoms with van der Waals surface area (Å²) in [7, 11) is 0. The van der Waals surface area contributed by atoms with Crippen molar-refractivity contribution in [3.63, 3.8) is 0 Å². The van der Waals surface area contributed by atoms with E-state index in [2.05, 4.69) is 36.5 Å². The van der Waals surface area contributed by atoms with Gasteiger partial charge in [0.25, 0.3) is 5.91 Å². The molecule has 3 aromatic carbocycles. The molecule has 0 aliphatic rings. The molecule has 3 aromatic rings. The van der Waals surface area contributed by atoms with Crippen molar-refractivity contribution in [2.24, 2.45) is 5.10 Å². The lowest BCUT2D eigenvalue weighted by Crippen LogP contribution is -2.24. The Hall–Kier alpha value is -3.14. The van der Waals surface area contributed by atoms with E-state index in [-0.39, 0.29) is 12.5 Å². The van der Waals surface area contributed by atoms with Gasteiger partial charge >= 0.3 is 0 Å². The Kier molecular flexibility index (Phi) is 5.64. The van der Waals surface area contributed by atoms with E-state index < -0.39 is 0 Å². The van der Waals surface area contributed by atoms with Gasteiger partial charge in [0.05, 0.1) is 6.21 Å². The van der Waals surface area contributed by atoms with Gasteiger partial charge in [-0.15, -0.1) is 0 Å². The fourth-order valence-corrected chi connectivity index (χ4v) is 2.64. The second-order valence-corrected chi connectivity index (χ2v) is 6.38. The molecule has 132 valence electrons. The first-order chi connectivity index (χ1) is 12.6. The number of hydrogen-bond donors (Lipinski definition) is 1. The van der Waals surface area contributed by atoms with Crippen LogP contribution in [0.3, 0.4) is 0 Å². The van der Waals surface area contributed by atoms with Crippen LogP contribution in [0.2, 0.25) is 0 Å². The average Bonchev–Trinajstić information content (AvgIpc) is 2.66. The van der Waals surface area contributed by atoms with Crippen LogP contribution < -0.4 is 10.2 Å². The molecule has 1 amide bonds. The van der Waals surface area contributed by atoms with Crippen molar-refractivity contribution in [2.75, 3.05) is 6.61 Å². The Morgan fingerprint density at radius 1 is 1.04 bits per heavy atom. The molecule has 1 N–H and O–H groups in total. The van der Waals surface area contributed by atoms with Gasteiger partial charge in [-0.3, -0.25) is 4.79 Å². The number of carbonyl (C=O) groups excluding carboxylic acids is 1. The van der Waals surface area contributed by atoms with Gasteiger partial charge < -0.3 is 4.74 Å². The third kappa shape index (κ3) is 4.48. The van der Waals surface area contributed by atoms with Crippen molar-refractivity contribution >= 4 is 22.9 Å². The first-order valence-corrected chi connectivity index (χ1v) is 8.66. The Morgan fingerprint density at radius 3 is 2.54 bits per heavy atom. The molecule has 0 radical (unpaired) electrons. The molecule has 0 aliphatic heterocycles. The molecule has 0 atom stereocenters. The van der Waals surface area contributed by atoms with E-state index in [1.54, 1.807) is 6.21 Å². The normalized spacial score (nSPS) is 11.2. The molecule has 26 heavy (non-hydrogen) atoms. The minimum atomic E-state index is -0.298. The monoisotopic (exact) mass is 346 g/mol. The molecule has 0 unspecified atom stereocenters. The lowest BCUT2D eigenvalue weighted by atomic mass is 10.0. The van der Waals surface area contributed by atoms with Crippen molar-refractivity contribution < 1.29 is 9.53 Å². The van der Waals surface area contributed by atoms with Gasteiger partial charge in [0, 0.05) is 5.39 Å². The summed E-state index contributed by atoms with van der Waals surface area (Å²) in [6.07, 6.45) is 1.62. The molecule has 0 spiro atoms. The van der Waals surface area contributed by atoms with Crippen LogP contribution in [0.15, 0.2) is 71.8 Å². The van der Waals surface area contributed by atoms with E-state index in [1.165, 1.54) is 5.56 Å². The van der Waals surface area contributed by atoms with Crippen molar-refractivity contribution in [1.29, 1.82) is 0 Å². The summed E-state index contributed by atoms with van der Waals surface area (Å²) in [5.41, 5.74) is 4.70. The fourth-order valence-electron chi connectivity index (χ4n) is 2.64. The first kappa shape index (κ1) is 17.7. The topological polar surface area (TPSA) is 50.7 Å². The van der Waals surface area contributed by atoms with Gasteiger partial charge in [0.1, 0.15) is 5.75 Å². The van der Waals surface area contributed by atoms with Crippen molar-refractivity contribution in [3.8, 4) is 5.75 Å². The molecule has 0 heterocycles. The number of benzene rings is 3. The van der Waals surface area contributed by atoms with E-state index in [4.69, 9.17) is 4.74 Å². The number of nitrogens with one attached hydrogen (secondary N) is 1. The van der Waals surface area contributed by atoms with E-state index >= 15 is 0 Å². The SMILES string of the molecule is CC(C)c1ccc(/C=N\NC(=O)COc2cccc3ccccc23)cc1. The highest BCUT2D eigenvalue weighted by Crippen LogP contribution is 2.24. The van der Waals surface area contributed by atoms with E-state index in [0.717, 1.165) is 16.3 Å². The van der Waals surface area contributed by atoms with Crippen LogP contribution in [0.4, 0.5) is 0 Å². The zero-order valence-corrected chi connectivity index (χ0v) is 15.0. The molecular weight excluding hydrogens is 324 g/mol. The average molecular weight is 346 g/mol. The number of carbonyl (C=O) groups is 1. The van der Waals surface area contributed by atoms with Crippen LogP contribution in [0.25, 0.3) is 10.8 Å². The molecule has 0 bridgehead atoms. The Balaban J connectivity index is 1.54. The van der Waals surface area contributed by atoms with Crippen LogP contribution in [-0.4, -0.2) is 18.7 Å². The summed E-state index contributed by atoms with van der Waals surface area (Å²) in [5, 5.41) is 6.05. The number of nitrogens with zero attached hydrogens (tertiary/aromatic N) is 1. The second-order valence-electron chi connectivity index (χ2n) is 6.38. The van der Waals surface area contributed by atoms with Gasteiger partial charge in [-0.25, -0.2) is 5.43 Å². The molecule has 0 saturated heterocycles. The third-order valence-corrected chi connectivity index (χ3v) is 4.11. The lowest BCUT2D eigenvalue weighted by Gasteiger charge is -2.08. The zero-order valence-electron chi connectivity index (χ0n) is 15.0. The van der Waals surface area contributed by atoms with Crippen molar-refractivity contribution in [3.05, 3.63) is 77.9 Å². The molecule has 0 aromatic heterocycles. The molecule has 4 heteroatoms. The highest BCUT2D eigenvalue weighted by atomic mass is 16.5. The van der Waals surface area contributed by atoms with Crippen molar-refractivity contribution in [1.82, 2.24) is 5.43 Å². The largest absolute Gasteiger partial charge is 0.483 e.